The predicted octanol–water partition coefficient (Wildman–Crippen LogP) is 4.53. The lowest BCUT2D eigenvalue weighted by molar-refractivity contribution is 0.251. The molecule has 0 bridgehead atoms. The zero-order valence-electron chi connectivity index (χ0n) is 15.2. The largest absolute Gasteiger partial charge is 0.338 e. The van der Waals surface area contributed by atoms with Crippen LogP contribution in [0.3, 0.4) is 0 Å². The number of amides is 2. The van der Waals surface area contributed by atoms with Crippen LogP contribution in [0.25, 0.3) is 11.1 Å². The highest BCUT2D eigenvalue weighted by molar-refractivity contribution is 6.33. The van der Waals surface area contributed by atoms with E-state index in [0.29, 0.717) is 17.2 Å². The minimum absolute atomic E-state index is 0.181. The number of fused-ring (bicyclic) bond motifs is 1. The third-order valence-electron chi connectivity index (χ3n) is 3.89. The second kappa shape index (κ2) is 7.58. The molecule has 0 aliphatic rings. The number of rotatable bonds is 4. The number of aryl methyl sites for hydroxylation is 1. The molecule has 2 amide bonds. The number of carbonyl (C=O) groups is 1. The Morgan fingerprint density at radius 3 is 2.48 bits per heavy atom. The number of anilines is 2. The summed E-state index contributed by atoms with van der Waals surface area (Å²) >= 11 is 11.7. The molecule has 0 spiro atoms. The molecule has 142 valence electrons. The number of carbonyl (C=O) groups excluding carboxylic acids is 1. The molecule has 3 rings (SSSR count). The van der Waals surface area contributed by atoms with E-state index in [1.54, 1.807) is 7.05 Å². The molecule has 8 nitrogen and oxygen atoms in total. The zero-order chi connectivity index (χ0) is 19.7. The number of urea groups is 1. The fourth-order valence-electron chi connectivity index (χ4n) is 2.65. The molecule has 0 radical (unpaired) electrons. The summed E-state index contributed by atoms with van der Waals surface area (Å²) in [6, 6.07) is 4.40. The summed E-state index contributed by atoms with van der Waals surface area (Å²) in [5.41, 5.74) is 5.34. The summed E-state index contributed by atoms with van der Waals surface area (Å²) in [5, 5.41) is 9.37. The molecule has 0 atom stereocenters. The van der Waals surface area contributed by atoms with Crippen LogP contribution in [0, 0.1) is 6.92 Å². The lowest BCUT2D eigenvalue weighted by Gasteiger charge is -2.21. The summed E-state index contributed by atoms with van der Waals surface area (Å²) < 4.78 is 5.30. The van der Waals surface area contributed by atoms with Crippen molar-refractivity contribution in [3.05, 3.63) is 39.8 Å². The Labute approximate surface area is 165 Å². The predicted molar refractivity (Wildman–Crippen MR) is 105 cm³/mol. The van der Waals surface area contributed by atoms with Gasteiger partial charge in [-0.1, -0.05) is 42.2 Å². The van der Waals surface area contributed by atoms with Crippen molar-refractivity contribution in [2.75, 3.05) is 17.4 Å². The topological polar surface area (TPSA) is 96.2 Å². The lowest BCUT2D eigenvalue weighted by Crippen LogP contribution is -2.42. The quantitative estimate of drug-likeness (QED) is 0.486. The maximum absolute atomic E-state index is 12.3. The monoisotopic (exact) mass is 408 g/mol. The number of hydrogen-bond donors (Lipinski definition) is 2. The molecule has 0 saturated heterocycles. The number of nitrogens with one attached hydrogen (secondary N) is 2. The molecule has 0 unspecified atom stereocenters. The van der Waals surface area contributed by atoms with Crippen LogP contribution in [0.1, 0.15) is 31.0 Å². The summed E-state index contributed by atoms with van der Waals surface area (Å²) in [7, 11) is 1.67. The Hall–Kier alpha value is -2.58. The number of halogens is 2. The van der Waals surface area contributed by atoms with Gasteiger partial charge in [0, 0.05) is 12.7 Å². The summed E-state index contributed by atoms with van der Waals surface area (Å²) in [6.07, 6.45) is 0. The van der Waals surface area contributed by atoms with Crippen LogP contribution < -0.4 is 15.8 Å². The molecule has 0 aliphatic heterocycles. The Bertz CT molecular complexity index is 984. The van der Waals surface area contributed by atoms with Gasteiger partial charge in [-0.15, -0.1) is 0 Å². The van der Waals surface area contributed by atoms with E-state index >= 15 is 0 Å². The van der Waals surface area contributed by atoms with Crippen molar-refractivity contribution in [1.82, 2.24) is 20.6 Å². The van der Waals surface area contributed by atoms with Gasteiger partial charge in [0.25, 0.3) is 5.71 Å². The smallest absolute Gasteiger partial charge is 0.335 e. The molecule has 27 heavy (non-hydrogen) atoms. The summed E-state index contributed by atoms with van der Waals surface area (Å²) in [6.45, 7) is 6.02. The highest BCUT2D eigenvalue weighted by Crippen LogP contribution is 2.30. The molecule has 0 fully saturated rings. The van der Waals surface area contributed by atoms with Gasteiger partial charge >= 0.3 is 6.03 Å². The third kappa shape index (κ3) is 4.23. The van der Waals surface area contributed by atoms with Gasteiger partial charge in [0.2, 0.25) is 0 Å². The highest BCUT2D eigenvalue weighted by atomic mass is 35.5. The van der Waals surface area contributed by atoms with Crippen molar-refractivity contribution in [2.24, 2.45) is 0 Å². The maximum atomic E-state index is 12.3. The third-order valence-corrected chi connectivity index (χ3v) is 4.28. The van der Waals surface area contributed by atoms with E-state index in [0.717, 1.165) is 16.6 Å². The fourth-order valence-corrected chi connectivity index (χ4v) is 3.11. The van der Waals surface area contributed by atoms with Gasteiger partial charge < -0.3 is 9.84 Å². The highest BCUT2D eigenvalue weighted by Gasteiger charge is 2.18. The maximum Gasteiger partial charge on any atom is 0.338 e. The van der Waals surface area contributed by atoms with E-state index in [9.17, 15) is 4.79 Å². The molecule has 10 heteroatoms. The van der Waals surface area contributed by atoms with E-state index in [2.05, 4.69) is 39.7 Å². The molecular formula is C17H18Cl2N6O2. The van der Waals surface area contributed by atoms with Crippen LogP contribution in [-0.4, -0.2) is 28.2 Å². The molecule has 3 aromatic rings. The Morgan fingerprint density at radius 1 is 1.19 bits per heavy atom. The summed E-state index contributed by atoms with van der Waals surface area (Å²) in [5.74, 6) is 0.749. The summed E-state index contributed by atoms with van der Waals surface area (Å²) in [4.78, 5) is 20.5. The van der Waals surface area contributed by atoms with Crippen molar-refractivity contribution in [3.63, 3.8) is 0 Å². The molecule has 3 heterocycles. The Balaban J connectivity index is 1.81. The van der Waals surface area contributed by atoms with Crippen LogP contribution in [0.5, 0.6) is 0 Å². The zero-order valence-corrected chi connectivity index (χ0v) is 16.7. The average Bonchev–Trinajstić information content (AvgIpc) is 2.94. The number of aromatic nitrogens is 3. The lowest BCUT2D eigenvalue weighted by atomic mass is 10.00. The van der Waals surface area contributed by atoms with Crippen molar-refractivity contribution in [3.8, 4) is 0 Å². The van der Waals surface area contributed by atoms with Gasteiger partial charge in [-0.3, -0.25) is 5.01 Å². The standard InChI is InChI=1S/C17H18Cl2N6O2/c1-8(2)11-7-14(22-16-15(11)9(3)24-27-16)25(4)23-17(26)20-10-5-12(18)21-13(19)6-10/h5-8H,1-4H3,(H2,20,21,23,26). The SMILES string of the molecule is Cc1noc2nc(N(C)NC(=O)Nc3cc(Cl)nc(Cl)c3)cc(C(C)C)c12. The Kier molecular flexibility index (Phi) is 5.38. The van der Waals surface area contributed by atoms with Crippen molar-refractivity contribution >= 4 is 51.8 Å². The first-order valence-electron chi connectivity index (χ1n) is 8.16. The van der Waals surface area contributed by atoms with Crippen LogP contribution in [0.2, 0.25) is 10.3 Å². The number of pyridine rings is 2. The first-order chi connectivity index (χ1) is 12.7. The fraction of sp³-hybridized carbons (Fsp3) is 0.294. The molecule has 0 aromatic carbocycles. The van der Waals surface area contributed by atoms with Gasteiger partial charge in [-0.2, -0.15) is 4.98 Å². The molecule has 0 saturated carbocycles. The number of nitrogens with zero attached hydrogens (tertiary/aromatic N) is 4. The van der Waals surface area contributed by atoms with E-state index < -0.39 is 6.03 Å². The van der Waals surface area contributed by atoms with Gasteiger partial charge in [-0.05, 0) is 36.6 Å². The van der Waals surface area contributed by atoms with Crippen molar-refractivity contribution < 1.29 is 9.32 Å². The molecule has 0 aliphatic carbocycles. The van der Waals surface area contributed by atoms with E-state index in [-0.39, 0.29) is 16.2 Å². The van der Waals surface area contributed by atoms with Crippen molar-refractivity contribution in [1.29, 1.82) is 0 Å². The van der Waals surface area contributed by atoms with E-state index in [1.807, 2.05) is 13.0 Å². The van der Waals surface area contributed by atoms with Gasteiger partial charge in [0.05, 0.1) is 11.1 Å². The molecular weight excluding hydrogens is 391 g/mol. The molecule has 3 aromatic heterocycles. The Morgan fingerprint density at radius 2 is 1.85 bits per heavy atom. The number of hydrogen-bond acceptors (Lipinski definition) is 6. The van der Waals surface area contributed by atoms with E-state index in [4.69, 9.17) is 27.7 Å². The number of hydrazine groups is 1. The molecule has 2 N–H and O–H groups in total. The van der Waals surface area contributed by atoms with Gasteiger partial charge in [0.15, 0.2) is 5.82 Å². The van der Waals surface area contributed by atoms with Crippen LogP contribution in [0.15, 0.2) is 22.7 Å². The van der Waals surface area contributed by atoms with Crippen molar-refractivity contribution in [2.45, 2.75) is 26.7 Å². The van der Waals surface area contributed by atoms with Crippen LogP contribution in [0.4, 0.5) is 16.3 Å². The second-order valence-electron chi connectivity index (χ2n) is 6.30. The normalized spacial score (nSPS) is 11.1. The van der Waals surface area contributed by atoms with Crippen LogP contribution in [-0.2, 0) is 0 Å². The van der Waals surface area contributed by atoms with Crippen LogP contribution >= 0.6 is 23.2 Å². The minimum atomic E-state index is -0.488. The van der Waals surface area contributed by atoms with E-state index in [1.165, 1.54) is 17.1 Å². The first-order valence-corrected chi connectivity index (χ1v) is 8.91. The second-order valence-corrected chi connectivity index (χ2v) is 7.07. The minimum Gasteiger partial charge on any atom is -0.335 e. The average molecular weight is 409 g/mol. The van der Waals surface area contributed by atoms with Gasteiger partial charge in [-0.25, -0.2) is 15.2 Å². The first kappa shape index (κ1) is 19.2. The van der Waals surface area contributed by atoms with Gasteiger partial charge in [0.1, 0.15) is 10.3 Å².